The summed E-state index contributed by atoms with van der Waals surface area (Å²) in [6.07, 6.45) is 4.29. The van der Waals surface area contributed by atoms with Crippen LogP contribution in [0.2, 0.25) is 0 Å². The SMILES string of the molecule is CC(C)[C@@H](Nc1cc(N2CCC[C@H]2C(=O)O)ncn1)c1ccc2c(c1)S(=O)(=O)CCC2. The van der Waals surface area contributed by atoms with E-state index in [4.69, 9.17) is 0 Å². The van der Waals surface area contributed by atoms with E-state index >= 15 is 0 Å². The maximum Gasteiger partial charge on any atom is 0.326 e. The van der Waals surface area contributed by atoms with Crippen molar-refractivity contribution in [3.8, 4) is 0 Å². The van der Waals surface area contributed by atoms with Crippen molar-refractivity contribution in [2.45, 2.75) is 56.5 Å². The van der Waals surface area contributed by atoms with Crippen LogP contribution in [0, 0.1) is 5.92 Å². The van der Waals surface area contributed by atoms with E-state index in [0.29, 0.717) is 35.9 Å². The number of nitrogens with zero attached hydrogens (tertiary/aromatic N) is 3. The van der Waals surface area contributed by atoms with Crippen molar-refractivity contribution >= 4 is 27.4 Å². The number of carbonyl (C=O) groups is 1. The molecule has 2 aliphatic rings. The lowest BCUT2D eigenvalue weighted by Gasteiger charge is -2.27. The number of benzene rings is 1. The Morgan fingerprint density at radius 1 is 1.23 bits per heavy atom. The first-order valence-corrected chi connectivity index (χ1v) is 12.3. The molecule has 8 nitrogen and oxygen atoms in total. The Kier molecular flexibility index (Phi) is 5.88. The van der Waals surface area contributed by atoms with E-state index in [1.165, 1.54) is 6.33 Å². The summed E-state index contributed by atoms with van der Waals surface area (Å²) in [5.41, 5.74) is 1.78. The lowest BCUT2D eigenvalue weighted by atomic mass is 9.94. The van der Waals surface area contributed by atoms with Gasteiger partial charge in [0, 0.05) is 12.6 Å². The Morgan fingerprint density at radius 2 is 2.03 bits per heavy atom. The third kappa shape index (κ3) is 4.37. The van der Waals surface area contributed by atoms with E-state index in [1.807, 2.05) is 12.1 Å². The van der Waals surface area contributed by atoms with Gasteiger partial charge in [0.25, 0.3) is 0 Å². The highest BCUT2D eigenvalue weighted by Crippen LogP contribution is 2.33. The van der Waals surface area contributed by atoms with Gasteiger partial charge in [-0.15, -0.1) is 0 Å². The van der Waals surface area contributed by atoms with Gasteiger partial charge in [0.05, 0.1) is 16.7 Å². The molecule has 1 saturated heterocycles. The van der Waals surface area contributed by atoms with Gasteiger partial charge in [-0.25, -0.2) is 23.2 Å². The van der Waals surface area contributed by atoms with E-state index < -0.39 is 21.8 Å². The summed E-state index contributed by atoms with van der Waals surface area (Å²) in [5, 5.41) is 12.9. The van der Waals surface area contributed by atoms with E-state index in [2.05, 4.69) is 29.1 Å². The number of hydrogen-bond acceptors (Lipinski definition) is 7. The van der Waals surface area contributed by atoms with Gasteiger partial charge in [0.1, 0.15) is 24.0 Å². The van der Waals surface area contributed by atoms with E-state index in [-0.39, 0.29) is 17.7 Å². The number of rotatable bonds is 6. The van der Waals surface area contributed by atoms with Crippen LogP contribution in [0.1, 0.15) is 50.3 Å². The molecule has 1 fully saturated rings. The number of aliphatic carboxylic acids is 1. The third-order valence-corrected chi connectivity index (χ3v) is 7.98. The van der Waals surface area contributed by atoms with Crippen LogP contribution < -0.4 is 10.2 Å². The molecule has 0 aliphatic carbocycles. The first-order chi connectivity index (χ1) is 14.8. The zero-order chi connectivity index (χ0) is 22.2. The molecule has 9 heteroatoms. The summed E-state index contributed by atoms with van der Waals surface area (Å²) in [6.45, 7) is 4.77. The van der Waals surface area contributed by atoms with Crippen molar-refractivity contribution in [2.75, 3.05) is 22.5 Å². The molecule has 0 radical (unpaired) electrons. The Labute approximate surface area is 182 Å². The number of aromatic nitrogens is 2. The van der Waals surface area contributed by atoms with E-state index in [1.54, 1.807) is 17.0 Å². The molecule has 1 aromatic carbocycles. The highest BCUT2D eigenvalue weighted by atomic mass is 32.2. The number of aryl methyl sites for hydroxylation is 1. The molecule has 2 aromatic rings. The summed E-state index contributed by atoms with van der Waals surface area (Å²) < 4.78 is 25.1. The second-order valence-electron chi connectivity index (χ2n) is 8.61. The second-order valence-corrected chi connectivity index (χ2v) is 10.7. The van der Waals surface area contributed by atoms with Gasteiger partial charge in [0.15, 0.2) is 9.84 Å². The minimum atomic E-state index is -3.24. The minimum Gasteiger partial charge on any atom is -0.480 e. The van der Waals surface area contributed by atoms with E-state index in [0.717, 1.165) is 24.0 Å². The quantitative estimate of drug-likeness (QED) is 0.699. The molecule has 2 aliphatic heterocycles. The number of carboxylic acid groups (broad SMARTS) is 1. The first kappa shape index (κ1) is 21.5. The van der Waals surface area contributed by atoms with Gasteiger partial charge in [-0.3, -0.25) is 0 Å². The highest BCUT2D eigenvalue weighted by molar-refractivity contribution is 7.91. The standard InChI is InChI=1S/C22H28N4O4S/c1-14(2)21(16-8-7-15-5-4-10-31(29,30)18(15)11-16)25-19-12-20(24-13-23-19)26-9-3-6-17(26)22(27)28/h7-8,11-14,17,21H,3-6,9-10H2,1-2H3,(H,27,28)(H,23,24,25)/t17-,21+/m0/s1. The molecule has 0 unspecified atom stereocenters. The molecule has 2 atom stereocenters. The van der Waals surface area contributed by atoms with Crippen molar-refractivity contribution in [3.63, 3.8) is 0 Å². The molecule has 0 spiro atoms. The number of carboxylic acids is 1. The fourth-order valence-electron chi connectivity index (χ4n) is 4.50. The Morgan fingerprint density at radius 3 is 2.77 bits per heavy atom. The van der Waals surface area contributed by atoms with Crippen molar-refractivity contribution in [2.24, 2.45) is 5.92 Å². The molecular weight excluding hydrogens is 416 g/mol. The summed E-state index contributed by atoms with van der Waals surface area (Å²) in [6, 6.07) is 6.75. The van der Waals surface area contributed by atoms with Gasteiger partial charge in [-0.1, -0.05) is 26.0 Å². The molecule has 3 heterocycles. The summed E-state index contributed by atoms with van der Waals surface area (Å²) in [4.78, 5) is 22.4. The second kappa shape index (κ2) is 8.45. The van der Waals surface area contributed by atoms with Crippen molar-refractivity contribution in [1.29, 1.82) is 0 Å². The lowest BCUT2D eigenvalue weighted by Crippen LogP contribution is -2.36. The van der Waals surface area contributed by atoms with Crippen LogP contribution in [0.15, 0.2) is 35.5 Å². The van der Waals surface area contributed by atoms with Crippen molar-refractivity contribution < 1.29 is 18.3 Å². The number of fused-ring (bicyclic) bond motifs is 1. The first-order valence-electron chi connectivity index (χ1n) is 10.7. The summed E-state index contributed by atoms with van der Waals surface area (Å²) in [7, 11) is -3.24. The Balaban J connectivity index is 1.62. The average molecular weight is 445 g/mol. The predicted molar refractivity (Wildman–Crippen MR) is 118 cm³/mol. The zero-order valence-electron chi connectivity index (χ0n) is 17.8. The molecule has 2 N–H and O–H groups in total. The van der Waals surface area contributed by atoms with Crippen molar-refractivity contribution in [3.05, 3.63) is 41.7 Å². The molecular formula is C22H28N4O4S. The van der Waals surface area contributed by atoms with Crippen LogP contribution in [0.25, 0.3) is 0 Å². The van der Waals surface area contributed by atoms with Gasteiger partial charge < -0.3 is 15.3 Å². The number of anilines is 2. The molecule has 166 valence electrons. The smallest absolute Gasteiger partial charge is 0.326 e. The maximum atomic E-state index is 12.6. The highest BCUT2D eigenvalue weighted by Gasteiger charge is 2.32. The molecule has 0 saturated carbocycles. The van der Waals surface area contributed by atoms with Crippen LogP contribution >= 0.6 is 0 Å². The summed E-state index contributed by atoms with van der Waals surface area (Å²) in [5.74, 6) is 0.680. The van der Waals surface area contributed by atoms with Gasteiger partial charge in [-0.2, -0.15) is 0 Å². The van der Waals surface area contributed by atoms with Crippen molar-refractivity contribution in [1.82, 2.24) is 9.97 Å². The average Bonchev–Trinajstić information content (AvgIpc) is 3.22. The molecule has 1 aromatic heterocycles. The maximum absolute atomic E-state index is 12.6. The number of nitrogens with one attached hydrogen (secondary N) is 1. The molecule has 0 bridgehead atoms. The summed E-state index contributed by atoms with van der Waals surface area (Å²) >= 11 is 0. The predicted octanol–water partition coefficient (Wildman–Crippen LogP) is 3.06. The topological polar surface area (TPSA) is 112 Å². The molecule has 31 heavy (non-hydrogen) atoms. The van der Waals surface area contributed by atoms with Crippen LogP contribution in [-0.4, -0.2) is 47.8 Å². The number of sulfone groups is 1. The number of hydrogen-bond donors (Lipinski definition) is 2. The Hall–Kier alpha value is -2.68. The normalized spacial score (nSPS) is 21.0. The van der Waals surface area contributed by atoms with Gasteiger partial charge in [-0.05, 0) is 48.8 Å². The Bertz CT molecular complexity index is 1090. The van der Waals surface area contributed by atoms with Crippen LogP contribution in [-0.2, 0) is 21.1 Å². The van der Waals surface area contributed by atoms with E-state index in [9.17, 15) is 18.3 Å². The van der Waals surface area contributed by atoms with Crippen LogP contribution in [0.3, 0.4) is 0 Å². The fraction of sp³-hybridized carbons (Fsp3) is 0.500. The van der Waals surface area contributed by atoms with Crippen LogP contribution in [0.5, 0.6) is 0 Å². The van der Waals surface area contributed by atoms with Crippen LogP contribution in [0.4, 0.5) is 11.6 Å². The minimum absolute atomic E-state index is 0.154. The monoisotopic (exact) mass is 444 g/mol. The largest absolute Gasteiger partial charge is 0.480 e. The third-order valence-electron chi connectivity index (χ3n) is 6.10. The fourth-order valence-corrected chi connectivity index (χ4v) is 6.13. The molecule has 4 rings (SSSR count). The van der Waals surface area contributed by atoms with Gasteiger partial charge >= 0.3 is 5.97 Å². The lowest BCUT2D eigenvalue weighted by molar-refractivity contribution is -0.138. The molecule has 0 amide bonds. The zero-order valence-corrected chi connectivity index (χ0v) is 18.6. The van der Waals surface area contributed by atoms with Gasteiger partial charge in [0.2, 0.25) is 0 Å².